The molecule has 0 fully saturated rings. The number of hydrogen-bond donors (Lipinski definition) is 2. The lowest BCUT2D eigenvalue weighted by molar-refractivity contribution is -0.114. The largest absolute Gasteiger partial charge is 0.486 e. The van der Waals surface area contributed by atoms with E-state index in [1.807, 2.05) is 45.0 Å². The number of carbonyl (C=O) groups excluding carboxylic acids is 2. The Morgan fingerprint density at radius 1 is 1.00 bits per heavy atom. The van der Waals surface area contributed by atoms with E-state index in [4.69, 9.17) is 14.5 Å². The zero-order valence-corrected chi connectivity index (χ0v) is 20.6. The molecule has 2 N–H and O–H groups in total. The Kier molecular flexibility index (Phi) is 6.05. The predicted molar refractivity (Wildman–Crippen MR) is 138 cm³/mol. The van der Waals surface area contributed by atoms with Crippen LogP contribution in [0.5, 0.6) is 11.5 Å². The maximum atomic E-state index is 13.5. The molecule has 0 unspecified atom stereocenters. The van der Waals surface area contributed by atoms with Crippen molar-refractivity contribution >= 4 is 34.2 Å². The van der Waals surface area contributed by atoms with Gasteiger partial charge in [0, 0.05) is 29.9 Å². The zero-order chi connectivity index (χ0) is 25.4. The maximum absolute atomic E-state index is 13.5. The molecule has 184 valence electrons. The summed E-state index contributed by atoms with van der Waals surface area (Å²) < 4.78 is 13.2. The van der Waals surface area contributed by atoms with Crippen LogP contribution in [0, 0.1) is 6.92 Å². The maximum Gasteiger partial charge on any atom is 0.256 e. The fourth-order valence-corrected chi connectivity index (χ4v) is 4.16. The fourth-order valence-electron chi connectivity index (χ4n) is 4.16. The van der Waals surface area contributed by atoms with Crippen molar-refractivity contribution in [3.63, 3.8) is 0 Å². The van der Waals surface area contributed by atoms with E-state index in [0.29, 0.717) is 58.4 Å². The number of rotatable bonds is 5. The standard InChI is InChI=1S/C27H27N5O4/c1-15(2)32-26-21(14-28-32)20(27(34)30-19-7-5-16(3)22(12-19)29-17(4)33)13-23(31-26)18-6-8-24-25(11-18)36-10-9-35-24/h5-8,11-15H,9-10H2,1-4H3,(H,29,33)(H,30,34). The van der Waals surface area contributed by atoms with E-state index in [9.17, 15) is 9.59 Å². The summed E-state index contributed by atoms with van der Waals surface area (Å²) in [5.41, 5.74) is 4.59. The number of aromatic nitrogens is 3. The summed E-state index contributed by atoms with van der Waals surface area (Å²) >= 11 is 0. The van der Waals surface area contributed by atoms with E-state index in [1.165, 1.54) is 6.92 Å². The molecule has 9 nitrogen and oxygen atoms in total. The first-order valence-corrected chi connectivity index (χ1v) is 11.8. The summed E-state index contributed by atoms with van der Waals surface area (Å²) in [6.45, 7) is 8.36. The molecule has 4 aromatic rings. The highest BCUT2D eigenvalue weighted by Gasteiger charge is 2.20. The Hall–Kier alpha value is -4.40. The van der Waals surface area contributed by atoms with Crippen molar-refractivity contribution in [3.05, 3.63) is 59.8 Å². The van der Waals surface area contributed by atoms with E-state index in [1.54, 1.807) is 29.1 Å². The first-order valence-electron chi connectivity index (χ1n) is 11.8. The third kappa shape index (κ3) is 4.47. The third-order valence-electron chi connectivity index (χ3n) is 5.94. The summed E-state index contributed by atoms with van der Waals surface area (Å²) in [5, 5.41) is 10.9. The number of amides is 2. The van der Waals surface area contributed by atoms with Crippen LogP contribution in [0.3, 0.4) is 0 Å². The fraction of sp³-hybridized carbons (Fsp3) is 0.259. The highest BCUT2D eigenvalue weighted by molar-refractivity contribution is 6.13. The van der Waals surface area contributed by atoms with Gasteiger partial charge in [0.2, 0.25) is 5.91 Å². The highest BCUT2D eigenvalue weighted by Crippen LogP contribution is 2.35. The number of aryl methyl sites for hydroxylation is 1. The van der Waals surface area contributed by atoms with Gasteiger partial charge in [-0.3, -0.25) is 9.59 Å². The van der Waals surface area contributed by atoms with Crippen LogP contribution < -0.4 is 20.1 Å². The van der Waals surface area contributed by atoms with E-state index >= 15 is 0 Å². The Bertz CT molecular complexity index is 1490. The lowest BCUT2D eigenvalue weighted by Crippen LogP contribution is -2.15. The third-order valence-corrected chi connectivity index (χ3v) is 5.94. The second kappa shape index (κ2) is 9.33. The van der Waals surface area contributed by atoms with Gasteiger partial charge in [0.25, 0.3) is 5.91 Å². The van der Waals surface area contributed by atoms with Crippen molar-refractivity contribution in [2.75, 3.05) is 23.8 Å². The molecule has 2 amide bonds. The van der Waals surface area contributed by atoms with Gasteiger partial charge in [-0.1, -0.05) is 6.07 Å². The van der Waals surface area contributed by atoms with Crippen molar-refractivity contribution in [2.45, 2.75) is 33.7 Å². The van der Waals surface area contributed by atoms with Crippen LogP contribution in [0.25, 0.3) is 22.3 Å². The van der Waals surface area contributed by atoms with Gasteiger partial charge in [-0.2, -0.15) is 5.10 Å². The first kappa shape index (κ1) is 23.3. The Labute approximate surface area is 208 Å². The molecule has 9 heteroatoms. The molecule has 2 aromatic carbocycles. The number of fused-ring (bicyclic) bond motifs is 2. The number of anilines is 2. The minimum Gasteiger partial charge on any atom is -0.486 e. The Morgan fingerprint density at radius 2 is 1.78 bits per heavy atom. The van der Waals surface area contributed by atoms with Crippen LogP contribution >= 0.6 is 0 Å². The van der Waals surface area contributed by atoms with E-state index in [0.717, 1.165) is 11.1 Å². The van der Waals surface area contributed by atoms with Gasteiger partial charge in [-0.15, -0.1) is 0 Å². The smallest absolute Gasteiger partial charge is 0.256 e. The molecular weight excluding hydrogens is 458 g/mol. The minimum atomic E-state index is -0.304. The Morgan fingerprint density at radius 3 is 2.53 bits per heavy atom. The quantitative estimate of drug-likeness (QED) is 0.413. The number of carbonyl (C=O) groups is 2. The number of ether oxygens (including phenoxy) is 2. The van der Waals surface area contributed by atoms with Crippen molar-refractivity contribution < 1.29 is 19.1 Å². The number of benzene rings is 2. The Balaban J connectivity index is 1.57. The second-order valence-corrected chi connectivity index (χ2v) is 9.00. The molecule has 5 rings (SSSR count). The van der Waals surface area contributed by atoms with Crippen molar-refractivity contribution in [3.8, 4) is 22.8 Å². The normalized spacial score (nSPS) is 12.6. The topological polar surface area (TPSA) is 107 Å². The van der Waals surface area contributed by atoms with E-state index in [-0.39, 0.29) is 17.9 Å². The number of pyridine rings is 1. The van der Waals surface area contributed by atoms with Crippen molar-refractivity contribution in [2.24, 2.45) is 0 Å². The molecule has 0 saturated heterocycles. The molecule has 36 heavy (non-hydrogen) atoms. The average Bonchev–Trinajstić information content (AvgIpc) is 3.29. The van der Waals surface area contributed by atoms with Gasteiger partial charge < -0.3 is 20.1 Å². The summed E-state index contributed by atoms with van der Waals surface area (Å²) in [6, 6.07) is 12.8. The second-order valence-electron chi connectivity index (χ2n) is 9.00. The minimum absolute atomic E-state index is 0.0544. The molecule has 0 saturated carbocycles. The van der Waals surface area contributed by atoms with Gasteiger partial charge >= 0.3 is 0 Å². The summed E-state index contributed by atoms with van der Waals surface area (Å²) in [5.74, 6) is 0.851. The SMILES string of the molecule is CC(=O)Nc1cc(NC(=O)c2cc(-c3ccc4c(c3)OCCO4)nc3c2cnn3C(C)C)ccc1C. The molecule has 0 spiro atoms. The van der Waals surface area contributed by atoms with Crippen molar-refractivity contribution in [1.29, 1.82) is 0 Å². The molecule has 0 radical (unpaired) electrons. The predicted octanol–water partition coefficient (Wildman–Crippen LogP) is 4.97. The van der Waals surface area contributed by atoms with Gasteiger partial charge in [-0.05, 0) is 62.7 Å². The molecule has 2 aromatic heterocycles. The molecule has 0 aliphatic carbocycles. The number of hydrogen-bond acceptors (Lipinski definition) is 6. The van der Waals surface area contributed by atoms with Crippen LogP contribution in [0.15, 0.2) is 48.7 Å². The highest BCUT2D eigenvalue weighted by atomic mass is 16.6. The average molecular weight is 486 g/mol. The monoisotopic (exact) mass is 485 g/mol. The molecule has 1 aliphatic heterocycles. The summed E-state index contributed by atoms with van der Waals surface area (Å²) in [6.07, 6.45) is 1.67. The van der Waals surface area contributed by atoms with Crippen LogP contribution in [0.2, 0.25) is 0 Å². The van der Waals surface area contributed by atoms with Gasteiger partial charge in [-0.25, -0.2) is 9.67 Å². The van der Waals surface area contributed by atoms with E-state index in [2.05, 4.69) is 15.7 Å². The molecule has 0 atom stereocenters. The van der Waals surface area contributed by atoms with Gasteiger partial charge in [0.15, 0.2) is 17.1 Å². The summed E-state index contributed by atoms with van der Waals surface area (Å²) in [7, 11) is 0. The van der Waals surface area contributed by atoms with Crippen molar-refractivity contribution in [1.82, 2.24) is 14.8 Å². The van der Waals surface area contributed by atoms with Crippen LogP contribution in [0.4, 0.5) is 11.4 Å². The zero-order valence-electron chi connectivity index (χ0n) is 20.6. The van der Waals surface area contributed by atoms with Gasteiger partial charge in [0.05, 0.1) is 22.8 Å². The van der Waals surface area contributed by atoms with Crippen LogP contribution in [-0.2, 0) is 4.79 Å². The van der Waals surface area contributed by atoms with E-state index < -0.39 is 0 Å². The number of nitrogens with zero attached hydrogens (tertiary/aromatic N) is 3. The van der Waals surface area contributed by atoms with Crippen LogP contribution in [-0.4, -0.2) is 39.8 Å². The first-order chi connectivity index (χ1) is 17.3. The molecule has 0 bridgehead atoms. The van der Waals surface area contributed by atoms with Crippen LogP contribution in [0.1, 0.15) is 42.7 Å². The summed E-state index contributed by atoms with van der Waals surface area (Å²) in [4.78, 5) is 29.9. The lowest BCUT2D eigenvalue weighted by Gasteiger charge is -2.19. The molecule has 1 aliphatic rings. The number of nitrogens with one attached hydrogen (secondary N) is 2. The lowest BCUT2D eigenvalue weighted by atomic mass is 10.1. The molecular formula is C27H27N5O4. The molecule has 3 heterocycles. The van der Waals surface area contributed by atoms with Gasteiger partial charge in [0.1, 0.15) is 13.2 Å².